The zero-order valence-corrected chi connectivity index (χ0v) is 18.8. The van der Waals surface area contributed by atoms with E-state index in [-0.39, 0.29) is 10.6 Å². The van der Waals surface area contributed by atoms with Gasteiger partial charge in [-0.2, -0.15) is 4.31 Å². The van der Waals surface area contributed by atoms with E-state index in [1.54, 1.807) is 11.3 Å². The minimum atomic E-state index is -3.79. The summed E-state index contributed by atoms with van der Waals surface area (Å²) in [6, 6.07) is 11.5. The molecule has 0 N–H and O–H groups in total. The molecule has 0 spiro atoms. The van der Waals surface area contributed by atoms with Crippen molar-refractivity contribution >= 4 is 32.2 Å². The molecule has 0 saturated carbocycles. The Morgan fingerprint density at radius 3 is 2.35 bits per heavy atom. The molecule has 31 heavy (non-hydrogen) atoms. The molecule has 1 aliphatic heterocycles. The molecule has 1 aromatic heterocycles. The van der Waals surface area contributed by atoms with E-state index in [4.69, 9.17) is 4.98 Å². The van der Waals surface area contributed by atoms with E-state index in [0.29, 0.717) is 26.2 Å². The maximum absolute atomic E-state index is 12.9. The summed E-state index contributed by atoms with van der Waals surface area (Å²) in [5, 5.41) is 13.9. The lowest BCUT2D eigenvalue weighted by atomic mass is 10.1. The highest BCUT2D eigenvalue weighted by Crippen LogP contribution is 2.30. The van der Waals surface area contributed by atoms with Crippen molar-refractivity contribution in [1.29, 1.82) is 0 Å². The number of sulfonamides is 1. The van der Waals surface area contributed by atoms with Gasteiger partial charge in [-0.05, 0) is 32.0 Å². The van der Waals surface area contributed by atoms with Crippen LogP contribution in [0, 0.1) is 24.0 Å². The molecule has 0 atom stereocenters. The van der Waals surface area contributed by atoms with Crippen LogP contribution in [0.4, 0.5) is 10.8 Å². The maximum atomic E-state index is 12.9. The Balaban J connectivity index is 1.47. The first kappa shape index (κ1) is 21.4. The lowest BCUT2D eigenvalue weighted by molar-refractivity contribution is -0.385. The van der Waals surface area contributed by atoms with Gasteiger partial charge in [0.25, 0.3) is 5.69 Å². The van der Waals surface area contributed by atoms with Gasteiger partial charge in [-0.1, -0.05) is 23.3 Å². The third-order valence-electron chi connectivity index (χ3n) is 5.18. The average molecular weight is 459 g/mol. The Kier molecular flexibility index (Phi) is 5.78. The molecular formula is C21H22N4O4S2. The van der Waals surface area contributed by atoms with Crippen LogP contribution >= 0.6 is 11.3 Å². The number of aryl methyl sites for hydroxylation is 2. The molecule has 2 heterocycles. The third kappa shape index (κ3) is 4.46. The number of thiazole rings is 1. The second-order valence-electron chi connectivity index (χ2n) is 7.54. The van der Waals surface area contributed by atoms with Crippen LogP contribution in [0.15, 0.2) is 52.7 Å². The first-order chi connectivity index (χ1) is 14.7. The van der Waals surface area contributed by atoms with Crippen molar-refractivity contribution in [1.82, 2.24) is 9.29 Å². The molecule has 162 valence electrons. The van der Waals surface area contributed by atoms with Gasteiger partial charge in [-0.25, -0.2) is 13.4 Å². The van der Waals surface area contributed by atoms with Crippen molar-refractivity contribution in [2.24, 2.45) is 0 Å². The smallest absolute Gasteiger partial charge is 0.270 e. The fourth-order valence-corrected chi connectivity index (χ4v) is 6.04. The molecular weight excluding hydrogens is 436 g/mol. The second-order valence-corrected chi connectivity index (χ2v) is 10.3. The van der Waals surface area contributed by atoms with Gasteiger partial charge in [-0.3, -0.25) is 10.1 Å². The quantitative estimate of drug-likeness (QED) is 0.426. The van der Waals surface area contributed by atoms with E-state index >= 15 is 0 Å². The summed E-state index contributed by atoms with van der Waals surface area (Å²) in [4.78, 5) is 17.2. The van der Waals surface area contributed by atoms with E-state index in [2.05, 4.69) is 36.9 Å². The Hall–Kier alpha value is -2.82. The summed E-state index contributed by atoms with van der Waals surface area (Å²) in [5.41, 5.74) is 4.13. The van der Waals surface area contributed by atoms with E-state index in [1.165, 1.54) is 33.6 Å². The average Bonchev–Trinajstić information content (AvgIpc) is 3.24. The number of aromatic nitrogens is 1. The van der Waals surface area contributed by atoms with Gasteiger partial charge in [0.2, 0.25) is 10.0 Å². The van der Waals surface area contributed by atoms with Crippen LogP contribution in [0.1, 0.15) is 11.1 Å². The molecule has 0 radical (unpaired) electrons. The highest BCUT2D eigenvalue weighted by molar-refractivity contribution is 7.89. The summed E-state index contributed by atoms with van der Waals surface area (Å²) in [6.07, 6.45) is 0. The number of hydrogen-bond acceptors (Lipinski definition) is 7. The predicted molar refractivity (Wildman–Crippen MR) is 121 cm³/mol. The van der Waals surface area contributed by atoms with Crippen LogP contribution in [0.3, 0.4) is 0 Å². The maximum Gasteiger partial charge on any atom is 0.270 e. The Morgan fingerprint density at radius 2 is 1.71 bits per heavy atom. The Labute approximate surface area is 185 Å². The molecule has 1 saturated heterocycles. The molecule has 8 nitrogen and oxygen atoms in total. The van der Waals surface area contributed by atoms with E-state index < -0.39 is 14.9 Å². The fraction of sp³-hybridized carbons (Fsp3) is 0.286. The molecule has 0 amide bonds. The lowest BCUT2D eigenvalue weighted by Gasteiger charge is -2.33. The van der Waals surface area contributed by atoms with Crippen molar-refractivity contribution in [3.8, 4) is 11.3 Å². The molecule has 3 aromatic rings. The normalized spacial score (nSPS) is 15.2. The van der Waals surface area contributed by atoms with Crippen LogP contribution in [-0.2, 0) is 10.0 Å². The zero-order chi connectivity index (χ0) is 22.2. The molecule has 0 unspecified atom stereocenters. The van der Waals surface area contributed by atoms with Gasteiger partial charge in [0.15, 0.2) is 5.13 Å². The lowest BCUT2D eigenvalue weighted by Crippen LogP contribution is -2.48. The second kappa shape index (κ2) is 8.37. The summed E-state index contributed by atoms with van der Waals surface area (Å²) < 4.78 is 27.2. The minimum Gasteiger partial charge on any atom is -0.345 e. The third-order valence-corrected chi connectivity index (χ3v) is 7.98. The Bertz CT molecular complexity index is 1210. The van der Waals surface area contributed by atoms with Gasteiger partial charge < -0.3 is 4.90 Å². The summed E-state index contributed by atoms with van der Waals surface area (Å²) >= 11 is 1.54. The number of piperazine rings is 1. The minimum absolute atomic E-state index is 0.0542. The fourth-order valence-electron chi connectivity index (χ4n) is 3.69. The molecule has 0 bridgehead atoms. The topological polar surface area (TPSA) is 96.7 Å². The zero-order valence-electron chi connectivity index (χ0n) is 17.2. The number of non-ortho nitro benzene ring substituents is 1. The molecule has 0 aliphatic carbocycles. The molecule has 1 fully saturated rings. The van der Waals surface area contributed by atoms with Crippen LogP contribution in [0.2, 0.25) is 0 Å². The summed E-state index contributed by atoms with van der Waals surface area (Å²) in [6.45, 7) is 5.73. The van der Waals surface area contributed by atoms with Crippen LogP contribution in [0.5, 0.6) is 0 Å². The highest BCUT2D eigenvalue weighted by Gasteiger charge is 2.30. The highest BCUT2D eigenvalue weighted by atomic mass is 32.2. The molecule has 1 aliphatic rings. The van der Waals surface area contributed by atoms with E-state index in [0.717, 1.165) is 22.5 Å². The van der Waals surface area contributed by atoms with Crippen molar-refractivity contribution in [2.45, 2.75) is 18.7 Å². The number of hydrogen-bond donors (Lipinski definition) is 0. The van der Waals surface area contributed by atoms with Gasteiger partial charge in [-0.15, -0.1) is 11.3 Å². The van der Waals surface area contributed by atoms with Crippen molar-refractivity contribution in [3.63, 3.8) is 0 Å². The number of benzene rings is 2. The van der Waals surface area contributed by atoms with Crippen LogP contribution in [0.25, 0.3) is 11.3 Å². The van der Waals surface area contributed by atoms with E-state index in [1.807, 2.05) is 5.38 Å². The number of nitro benzene ring substituents is 1. The molecule has 4 rings (SSSR count). The Morgan fingerprint density at radius 1 is 1.03 bits per heavy atom. The number of nitro groups is 1. The van der Waals surface area contributed by atoms with Gasteiger partial charge in [0.1, 0.15) is 0 Å². The number of rotatable bonds is 5. The van der Waals surface area contributed by atoms with Gasteiger partial charge in [0, 0.05) is 49.3 Å². The van der Waals surface area contributed by atoms with Crippen molar-refractivity contribution in [3.05, 3.63) is 69.1 Å². The van der Waals surface area contributed by atoms with Gasteiger partial charge >= 0.3 is 0 Å². The molecule has 10 heteroatoms. The molecule has 2 aromatic carbocycles. The predicted octanol–water partition coefficient (Wildman–Crippen LogP) is 3.85. The SMILES string of the molecule is Cc1cc(C)cc(-c2csc(N3CCN(S(=O)(=O)c4cccc([N+](=O)[O-])c4)CC3)n2)c1. The first-order valence-electron chi connectivity index (χ1n) is 9.78. The number of nitrogens with zero attached hydrogens (tertiary/aromatic N) is 4. The summed E-state index contributed by atoms with van der Waals surface area (Å²) in [5.74, 6) is 0. The summed E-state index contributed by atoms with van der Waals surface area (Å²) in [7, 11) is -3.79. The number of anilines is 1. The van der Waals surface area contributed by atoms with Crippen molar-refractivity contribution < 1.29 is 13.3 Å². The first-order valence-corrected chi connectivity index (χ1v) is 12.1. The van der Waals surface area contributed by atoms with Crippen LogP contribution < -0.4 is 4.90 Å². The van der Waals surface area contributed by atoms with Crippen molar-refractivity contribution in [2.75, 3.05) is 31.1 Å². The monoisotopic (exact) mass is 458 g/mol. The van der Waals surface area contributed by atoms with Gasteiger partial charge in [0.05, 0.1) is 15.5 Å². The van der Waals surface area contributed by atoms with E-state index in [9.17, 15) is 18.5 Å². The standard InChI is InChI=1S/C21H22N4O4S2/c1-15-10-16(2)12-17(11-15)20-14-30-21(22-20)23-6-8-24(9-7-23)31(28,29)19-5-3-4-18(13-19)25(26)27/h3-5,10-14H,6-9H2,1-2H3. The largest absolute Gasteiger partial charge is 0.345 e. The van der Waals surface area contributed by atoms with Crippen LogP contribution in [-0.4, -0.2) is 48.8 Å².